The molecule has 0 N–H and O–H groups in total. The monoisotopic (exact) mass is 258 g/mol. The number of aryl methyl sites for hydroxylation is 2. The van der Waals surface area contributed by atoms with Crippen LogP contribution in [-0.2, 0) is 0 Å². The van der Waals surface area contributed by atoms with Crippen LogP contribution in [0.5, 0.6) is 5.75 Å². The Morgan fingerprint density at radius 3 is 2.47 bits per heavy atom. The van der Waals surface area contributed by atoms with E-state index in [9.17, 15) is 9.18 Å². The van der Waals surface area contributed by atoms with Gasteiger partial charge in [-0.25, -0.2) is 4.39 Å². The maximum Gasteiger partial charge on any atom is 0.196 e. The third-order valence-electron chi connectivity index (χ3n) is 3.20. The Labute approximate surface area is 111 Å². The molecule has 0 saturated carbocycles. The molecule has 0 fully saturated rings. The van der Waals surface area contributed by atoms with Gasteiger partial charge in [0.15, 0.2) is 17.3 Å². The molecule has 0 saturated heterocycles. The number of hydrogen-bond acceptors (Lipinski definition) is 2. The van der Waals surface area contributed by atoms with Crippen molar-refractivity contribution in [1.29, 1.82) is 0 Å². The molecule has 0 unspecified atom stereocenters. The molecule has 98 valence electrons. The van der Waals surface area contributed by atoms with Crippen LogP contribution in [0, 0.1) is 19.7 Å². The van der Waals surface area contributed by atoms with Crippen molar-refractivity contribution < 1.29 is 13.9 Å². The Morgan fingerprint density at radius 2 is 1.84 bits per heavy atom. The first-order valence-electron chi connectivity index (χ1n) is 5.99. The molecule has 2 rings (SSSR count). The van der Waals surface area contributed by atoms with Crippen molar-refractivity contribution in [2.75, 3.05) is 7.11 Å². The third-order valence-corrected chi connectivity index (χ3v) is 3.20. The minimum absolute atomic E-state index is 0.0302. The zero-order valence-electron chi connectivity index (χ0n) is 11.2. The van der Waals surface area contributed by atoms with Crippen molar-refractivity contribution >= 4 is 5.78 Å². The largest absolute Gasteiger partial charge is 0.494 e. The van der Waals surface area contributed by atoms with Crippen LogP contribution >= 0.6 is 0 Å². The van der Waals surface area contributed by atoms with E-state index in [1.165, 1.54) is 19.2 Å². The highest BCUT2D eigenvalue weighted by atomic mass is 19.1. The second-order valence-corrected chi connectivity index (χ2v) is 4.45. The predicted octanol–water partition coefficient (Wildman–Crippen LogP) is 3.68. The summed E-state index contributed by atoms with van der Waals surface area (Å²) in [6.45, 7) is 3.89. The predicted molar refractivity (Wildman–Crippen MR) is 72.3 cm³/mol. The quantitative estimate of drug-likeness (QED) is 0.785. The van der Waals surface area contributed by atoms with Crippen molar-refractivity contribution in [1.82, 2.24) is 0 Å². The summed E-state index contributed by atoms with van der Waals surface area (Å²) >= 11 is 0. The number of methoxy groups -OCH3 is 1. The van der Waals surface area contributed by atoms with E-state index in [0.717, 1.165) is 11.1 Å². The number of ether oxygens (including phenoxy) is 1. The summed E-state index contributed by atoms with van der Waals surface area (Å²) in [4.78, 5) is 12.3. The number of benzene rings is 2. The van der Waals surface area contributed by atoms with E-state index in [-0.39, 0.29) is 17.1 Å². The molecule has 0 aliphatic rings. The summed E-state index contributed by atoms with van der Waals surface area (Å²) in [7, 11) is 1.38. The first-order chi connectivity index (χ1) is 9.04. The summed E-state index contributed by atoms with van der Waals surface area (Å²) in [5.74, 6) is -0.873. The number of carbonyl (C=O) groups excluding carboxylic acids is 1. The van der Waals surface area contributed by atoms with Gasteiger partial charge in [0.1, 0.15) is 0 Å². The summed E-state index contributed by atoms with van der Waals surface area (Å²) in [6.07, 6.45) is 0. The molecule has 3 heteroatoms. The number of carbonyl (C=O) groups is 1. The molecular weight excluding hydrogens is 243 g/mol. The molecule has 0 heterocycles. The van der Waals surface area contributed by atoms with Gasteiger partial charge in [0.05, 0.1) is 12.7 Å². The highest BCUT2D eigenvalue weighted by Gasteiger charge is 2.17. The second kappa shape index (κ2) is 5.22. The van der Waals surface area contributed by atoms with Crippen LogP contribution < -0.4 is 4.74 Å². The molecule has 2 aromatic carbocycles. The Hall–Kier alpha value is -2.16. The lowest BCUT2D eigenvalue weighted by Crippen LogP contribution is -2.06. The van der Waals surface area contributed by atoms with E-state index in [1.807, 2.05) is 19.9 Å². The SMILES string of the molecule is COc1cccc(C(=O)c2ccc(C)c(C)c2)c1F. The number of hydrogen-bond donors (Lipinski definition) is 0. The van der Waals surface area contributed by atoms with E-state index < -0.39 is 5.82 Å². The summed E-state index contributed by atoms with van der Waals surface area (Å²) in [5, 5.41) is 0. The van der Waals surface area contributed by atoms with Gasteiger partial charge in [-0.2, -0.15) is 0 Å². The maximum absolute atomic E-state index is 14.0. The van der Waals surface area contributed by atoms with Gasteiger partial charge >= 0.3 is 0 Å². The van der Waals surface area contributed by atoms with Crippen molar-refractivity contribution in [3.63, 3.8) is 0 Å². The van der Waals surface area contributed by atoms with Gasteiger partial charge in [-0.3, -0.25) is 4.79 Å². The fourth-order valence-electron chi connectivity index (χ4n) is 1.88. The van der Waals surface area contributed by atoms with Crippen LogP contribution in [0.15, 0.2) is 36.4 Å². The molecule has 19 heavy (non-hydrogen) atoms. The topological polar surface area (TPSA) is 26.3 Å². The average Bonchev–Trinajstić information content (AvgIpc) is 2.41. The van der Waals surface area contributed by atoms with Crippen molar-refractivity contribution in [3.05, 3.63) is 64.5 Å². The van der Waals surface area contributed by atoms with Gasteiger partial charge in [0, 0.05) is 5.56 Å². The van der Waals surface area contributed by atoms with Crippen LogP contribution in [0.2, 0.25) is 0 Å². The van der Waals surface area contributed by atoms with Gasteiger partial charge in [0.25, 0.3) is 0 Å². The first-order valence-corrected chi connectivity index (χ1v) is 5.99. The molecule has 2 nitrogen and oxygen atoms in total. The fraction of sp³-hybridized carbons (Fsp3) is 0.188. The number of rotatable bonds is 3. The summed E-state index contributed by atoms with van der Waals surface area (Å²) in [5.41, 5.74) is 2.62. The van der Waals surface area contributed by atoms with E-state index in [0.29, 0.717) is 5.56 Å². The molecule has 0 spiro atoms. The van der Waals surface area contributed by atoms with Crippen molar-refractivity contribution in [2.45, 2.75) is 13.8 Å². The molecule has 0 atom stereocenters. The lowest BCUT2D eigenvalue weighted by Gasteiger charge is -2.08. The fourth-order valence-corrected chi connectivity index (χ4v) is 1.88. The third kappa shape index (κ3) is 2.50. The summed E-state index contributed by atoms with van der Waals surface area (Å²) in [6, 6.07) is 9.92. The van der Waals surface area contributed by atoms with Crippen LogP contribution in [0.1, 0.15) is 27.0 Å². The molecule has 0 amide bonds. The van der Waals surface area contributed by atoms with Crippen molar-refractivity contribution in [2.24, 2.45) is 0 Å². The zero-order valence-corrected chi connectivity index (χ0v) is 11.2. The molecule has 0 bridgehead atoms. The Kier molecular flexibility index (Phi) is 3.65. The van der Waals surface area contributed by atoms with Crippen LogP contribution in [0.3, 0.4) is 0 Å². The molecule has 0 radical (unpaired) electrons. The number of ketones is 1. The molecular formula is C16H15FO2. The average molecular weight is 258 g/mol. The molecule has 0 aromatic heterocycles. The van der Waals surface area contributed by atoms with E-state index >= 15 is 0 Å². The Bertz CT molecular complexity index is 633. The highest BCUT2D eigenvalue weighted by molar-refractivity contribution is 6.09. The molecule has 0 aliphatic heterocycles. The van der Waals surface area contributed by atoms with Gasteiger partial charge < -0.3 is 4.74 Å². The van der Waals surface area contributed by atoms with Gasteiger partial charge in [-0.05, 0) is 43.2 Å². The lowest BCUT2D eigenvalue weighted by molar-refractivity contribution is 0.103. The maximum atomic E-state index is 14.0. The van der Waals surface area contributed by atoms with Crippen LogP contribution in [0.4, 0.5) is 4.39 Å². The molecule has 0 aliphatic carbocycles. The normalized spacial score (nSPS) is 10.3. The zero-order chi connectivity index (χ0) is 14.0. The van der Waals surface area contributed by atoms with Gasteiger partial charge in [-0.1, -0.05) is 18.2 Å². The Morgan fingerprint density at radius 1 is 1.11 bits per heavy atom. The minimum Gasteiger partial charge on any atom is -0.494 e. The smallest absolute Gasteiger partial charge is 0.196 e. The standard InChI is InChI=1S/C16H15FO2/c1-10-7-8-12(9-11(10)2)16(18)13-5-4-6-14(19-3)15(13)17/h4-9H,1-3H3. The van der Waals surface area contributed by atoms with Gasteiger partial charge in [-0.15, -0.1) is 0 Å². The highest BCUT2D eigenvalue weighted by Crippen LogP contribution is 2.23. The second-order valence-electron chi connectivity index (χ2n) is 4.45. The summed E-state index contributed by atoms with van der Waals surface area (Å²) < 4.78 is 18.9. The lowest BCUT2D eigenvalue weighted by atomic mass is 9.99. The van der Waals surface area contributed by atoms with Crippen LogP contribution in [0.25, 0.3) is 0 Å². The molecule has 2 aromatic rings. The first kappa shape index (κ1) is 13.3. The Balaban J connectivity index is 2.47. The van der Waals surface area contributed by atoms with Gasteiger partial charge in [0.2, 0.25) is 0 Å². The van der Waals surface area contributed by atoms with Crippen LogP contribution in [-0.4, -0.2) is 12.9 Å². The minimum atomic E-state index is -0.617. The van der Waals surface area contributed by atoms with Crippen molar-refractivity contribution in [3.8, 4) is 5.75 Å². The van der Waals surface area contributed by atoms with E-state index in [4.69, 9.17) is 4.74 Å². The number of halogens is 1. The van der Waals surface area contributed by atoms with E-state index in [1.54, 1.807) is 18.2 Å². The van der Waals surface area contributed by atoms with E-state index in [2.05, 4.69) is 0 Å².